The second-order valence-electron chi connectivity index (χ2n) is 4.35. The SMILES string of the molecule is COC[C@@H](O)CNc1nnc(Cl)c2ccn(C)c(=O)c12. The first-order valence-electron chi connectivity index (χ1n) is 5.97. The highest BCUT2D eigenvalue weighted by Gasteiger charge is 2.13. The van der Waals surface area contributed by atoms with Gasteiger partial charge in [-0.05, 0) is 6.07 Å². The molecule has 108 valence electrons. The minimum absolute atomic E-state index is 0.167. The fraction of sp³-hybridized carbons (Fsp3) is 0.417. The van der Waals surface area contributed by atoms with Crippen molar-refractivity contribution >= 4 is 28.2 Å². The van der Waals surface area contributed by atoms with Gasteiger partial charge >= 0.3 is 0 Å². The quantitative estimate of drug-likeness (QED) is 0.830. The van der Waals surface area contributed by atoms with Crippen molar-refractivity contribution in [2.24, 2.45) is 7.05 Å². The molecule has 2 aromatic rings. The van der Waals surface area contributed by atoms with Gasteiger partial charge in [0.2, 0.25) is 0 Å². The van der Waals surface area contributed by atoms with Gasteiger partial charge in [0.05, 0.1) is 18.1 Å². The van der Waals surface area contributed by atoms with Crippen molar-refractivity contribution in [3.05, 3.63) is 27.8 Å². The van der Waals surface area contributed by atoms with E-state index in [-0.39, 0.29) is 23.9 Å². The normalized spacial score (nSPS) is 12.6. The average molecular weight is 299 g/mol. The Morgan fingerprint density at radius 1 is 1.55 bits per heavy atom. The largest absolute Gasteiger partial charge is 0.389 e. The molecule has 0 aliphatic carbocycles. The minimum atomic E-state index is -0.708. The third-order valence-electron chi connectivity index (χ3n) is 2.83. The first-order chi connectivity index (χ1) is 9.54. The topological polar surface area (TPSA) is 89.3 Å². The number of aliphatic hydroxyl groups is 1. The molecule has 0 spiro atoms. The molecule has 8 heteroatoms. The predicted octanol–water partition coefficient (Wildman–Crippen LogP) is 0.401. The van der Waals surface area contributed by atoms with Crippen LogP contribution in [0.2, 0.25) is 5.15 Å². The zero-order chi connectivity index (χ0) is 14.7. The number of aryl methyl sites for hydroxylation is 1. The molecule has 0 bridgehead atoms. The summed E-state index contributed by atoms with van der Waals surface area (Å²) in [6, 6.07) is 1.70. The summed E-state index contributed by atoms with van der Waals surface area (Å²) in [6.45, 7) is 0.376. The van der Waals surface area contributed by atoms with Crippen LogP contribution in [0, 0.1) is 0 Å². The molecular weight excluding hydrogens is 284 g/mol. The molecule has 2 heterocycles. The molecule has 0 aromatic carbocycles. The maximum atomic E-state index is 12.2. The number of nitrogens with one attached hydrogen (secondary N) is 1. The van der Waals surface area contributed by atoms with Crippen LogP contribution in [0.25, 0.3) is 10.8 Å². The second-order valence-corrected chi connectivity index (χ2v) is 4.71. The molecule has 0 unspecified atom stereocenters. The molecule has 0 aliphatic rings. The van der Waals surface area contributed by atoms with Crippen LogP contribution in [0.5, 0.6) is 0 Å². The number of rotatable bonds is 5. The van der Waals surface area contributed by atoms with Gasteiger partial charge in [0.15, 0.2) is 11.0 Å². The molecule has 0 saturated carbocycles. The standard InChI is InChI=1S/C12H15ClN4O3/c1-17-4-3-8-9(12(17)19)11(16-15-10(8)13)14-5-7(18)6-20-2/h3-4,7,18H,5-6H2,1-2H3,(H,14,16)/t7-/m0/s1. The first-order valence-corrected chi connectivity index (χ1v) is 6.34. The molecule has 0 saturated heterocycles. The van der Waals surface area contributed by atoms with E-state index < -0.39 is 6.10 Å². The number of anilines is 1. The fourth-order valence-corrected chi connectivity index (χ4v) is 2.01. The number of nitrogens with zero attached hydrogens (tertiary/aromatic N) is 3. The lowest BCUT2D eigenvalue weighted by atomic mass is 10.2. The van der Waals surface area contributed by atoms with E-state index in [4.69, 9.17) is 16.3 Å². The van der Waals surface area contributed by atoms with Crippen LogP contribution >= 0.6 is 11.6 Å². The van der Waals surface area contributed by atoms with Gasteiger partial charge < -0.3 is 19.7 Å². The van der Waals surface area contributed by atoms with Gasteiger partial charge in [-0.15, -0.1) is 10.2 Å². The van der Waals surface area contributed by atoms with Gasteiger partial charge in [0.25, 0.3) is 5.56 Å². The van der Waals surface area contributed by atoms with Gasteiger partial charge in [0.1, 0.15) is 0 Å². The van der Waals surface area contributed by atoms with E-state index in [1.165, 1.54) is 11.7 Å². The van der Waals surface area contributed by atoms with E-state index in [1.54, 1.807) is 19.3 Å². The van der Waals surface area contributed by atoms with Gasteiger partial charge in [-0.2, -0.15) is 0 Å². The number of hydrogen-bond donors (Lipinski definition) is 2. The van der Waals surface area contributed by atoms with Crippen LogP contribution in [0.1, 0.15) is 0 Å². The average Bonchev–Trinajstić information content (AvgIpc) is 2.42. The lowest BCUT2D eigenvalue weighted by Crippen LogP contribution is -2.26. The summed E-state index contributed by atoms with van der Waals surface area (Å²) in [7, 11) is 3.14. The summed E-state index contributed by atoms with van der Waals surface area (Å²) < 4.78 is 6.26. The van der Waals surface area contributed by atoms with E-state index in [2.05, 4.69) is 15.5 Å². The monoisotopic (exact) mass is 298 g/mol. The molecule has 2 rings (SSSR count). The van der Waals surface area contributed by atoms with Crippen LogP contribution < -0.4 is 10.9 Å². The van der Waals surface area contributed by atoms with Crippen LogP contribution in [-0.4, -0.2) is 46.2 Å². The summed E-state index contributed by atoms with van der Waals surface area (Å²) in [6.07, 6.45) is 0.905. The Hall–Kier alpha value is -1.70. The highest BCUT2D eigenvalue weighted by atomic mass is 35.5. The van der Waals surface area contributed by atoms with Gasteiger partial charge in [-0.3, -0.25) is 4.79 Å². The number of halogens is 1. The Labute approximate surface area is 120 Å². The fourth-order valence-electron chi connectivity index (χ4n) is 1.82. The van der Waals surface area contributed by atoms with Crippen molar-refractivity contribution in [1.29, 1.82) is 0 Å². The smallest absolute Gasteiger partial charge is 0.262 e. The van der Waals surface area contributed by atoms with Crippen LogP contribution in [-0.2, 0) is 11.8 Å². The zero-order valence-electron chi connectivity index (χ0n) is 11.1. The second kappa shape index (κ2) is 6.17. The first kappa shape index (κ1) is 14.7. The van der Waals surface area contributed by atoms with Crippen molar-refractivity contribution in [3.8, 4) is 0 Å². The molecule has 0 aliphatic heterocycles. The highest BCUT2D eigenvalue weighted by Crippen LogP contribution is 2.22. The molecule has 2 N–H and O–H groups in total. The van der Waals surface area contributed by atoms with E-state index in [0.29, 0.717) is 16.6 Å². The number of methoxy groups -OCH3 is 1. The summed E-state index contributed by atoms with van der Waals surface area (Å²) in [5.74, 6) is 0.292. The Balaban J connectivity index is 2.41. The van der Waals surface area contributed by atoms with Gasteiger partial charge in [-0.25, -0.2) is 0 Å². The predicted molar refractivity (Wildman–Crippen MR) is 76.2 cm³/mol. The Morgan fingerprint density at radius 3 is 3.00 bits per heavy atom. The number of fused-ring (bicyclic) bond motifs is 1. The Bertz CT molecular complexity index is 674. The van der Waals surface area contributed by atoms with Crippen molar-refractivity contribution in [2.75, 3.05) is 25.6 Å². The van der Waals surface area contributed by atoms with Crippen LogP contribution in [0.4, 0.5) is 5.82 Å². The lowest BCUT2D eigenvalue weighted by molar-refractivity contribution is 0.0727. The maximum absolute atomic E-state index is 12.2. The Kier molecular flexibility index (Phi) is 4.53. The molecule has 0 radical (unpaired) electrons. The molecule has 0 fully saturated rings. The zero-order valence-corrected chi connectivity index (χ0v) is 11.9. The third-order valence-corrected chi connectivity index (χ3v) is 3.11. The van der Waals surface area contributed by atoms with E-state index in [1.807, 2.05) is 0 Å². The van der Waals surface area contributed by atoms with E-state index >= 15 is 0 Å². The highest BCUT2D eigenvalue weighted by molar-refractivity contribution is 6.34. The van der Waals surface area contributed by atoms with Crippen LogP contribution in [0.15, 0.2) is 17.1 Å². The maximum Gasteiger partial charge on any atom is 0.262 e. The van der Waals surface area contributed by atoms with E-state index in [0.717, 1.165) is 0 Å². The number of aromatic nitrogens is 3. The number of pyridine rings is 1. The molecule has 0 amide bonds. The van der Waals surface area contributed by atoms with E-state index in [9.17, 15) is 9.90 Å². The molecule has 20 heavy (non-hydrogen) atoms. The molecular formula is C12H15ClN4O3. The summed E-state index contributed by atoms with van der Waals surface area (Å²) in [5.41, 5.74) is -0.233. The summed E-state index contributed by atoms with van der Waals surface area (Å²) in [5, 5.41) is 21.2. The minimum Gasteiger partial charge on any atom is -0.389 e. The number of hydrogen-bond acceptors (Lipinski definition) is 6. The molecule has 1 atom stereocenters. The van der Waals surface area contributed by atoms with Crippen LogP contribution in [0.3, 0.4) is 0 Å². The summed E-state index contributed by atoms with van der Waals surface area (Å²) >= 11 is 5.95. The third kappa shape index (κ3) is 2.90. The molecule has 2 aromatic heterocycles. The number of aliphatic hydroxyl groups excluding tert-OH is 1. The number of ether oxygens (including phenoxy) is 1. The van der Waals surface area contributed by atoms with Gasteiger partial charge in [-0.1, -0.05) is 11.6 Å². The van der Waals surface area contributed by atoms with Crippen molar-refractivity contribution < 1.29 is 9.84 Å². The summed E-state index contributed by atoms with van der Waals surface area (Å²) in [4.78, 5) is 12.2. The van der Waals surface area contributed by atoms with Crippen molar-refractivity contribution in [3.63, 3.8) is 0 Å². The van der Waals surface area contributed by atoms with Gasteiger partial charge in [0, 0.05) is 32.3 Å². The lowest BCUT2D eigenvalue weighted by Gasteiger charge is -2.12. The van der Waals surface area contributed by atoms with Crippen molar-refractivity contribution in [1.82, 2.24) is 14.8 Å². The molecule has 7 nitrogen and oxygen atoms in total. The Morgan fingerprint density at radius 2 is 2.30 bits per heavy atom. The van der Waals surface area contributed by atoms with Crippen molar-refractivity contribution in [2.45, 2.75) is 6.10 Å².